The smallest absolute Gasteiger partial charge is 0.327 e. The van der Waals surface area contributed by atoms with Crippen molar-refractivity contribution in [2.45, 2.75) is 51.2 Å². The molecule has 3 amide bonds. The summed E-state index contributed by atoms with van der Waals surface area (Å²) in [5, 5.41) is 1.28. The van der Waals surface area contributed by atoms with Crippen LogP contribution in [0.5, 0.6) is 5.75 Å². The first-order valence-corrected chi connectivity index (χ1v) is 12.9. The van der Waals surface area contributed by atoms with Gasteiger partial charge in [0.2, 0.25) is 0 Å². The fourth-order valence-electron chi connectivity index (χ4n) is 5.90. The van der Waals surface area contributed by atoms with Crippen molar-refractivity contribution in [1.82, 2.24) is 19.3 Å². The van der Waals surface area contributed by atoms with Crippen molar-refractivity contribution in [3.8, 4) is 5.75 Å². The maximum atomic E-state index is 13.7. The molecule has 36 heavy (non-hydrogen) atoms. The summed E-state index contributed by atoms with van der Waals surface area (Å²) in [6.45, 7) is 6.79. The number of nitrogens with zero attached hydrogens (tertiary/aromatic N) is 4. The number of fused-ring (bicyclic) bond motifs is 1. The van der Waals surface area contributed by atoms with E-state index in [-0.39, 0.29) is 18.0 Å². The number of carbonyl (C=O) groups is 2. The van der Waals surface area contributed by atoms with Gasteiger partial charge in [-0.3, -0.25) is 14.6 Å². The van der Waals surface area contributed by atoms with Crippen LogP contribution in [0.15, 0.2) is 54.7 Å². The lowest BCUT2D eigenvalue weighted by Gasteiger charge is -2.42. The molecule has 2 aliphatic heterocycles. The van der Waals surface area contributed by atoms with Crippen LogP contribution in [0, 0.1) is 0 Å². The zero-order valence-electron chi connectivity index (χ0n) is 21.7. The Labute approximate surface area is 213 Å². The molecule has 1 aromatic heterocycles. The zero-order valence-corrected chi connectivity index (χ0v) is 21.7. The number of methoxy groups -OCH3 is 1. The Morgan fingerprint density at radius 1 is 1.00 bits per heavy atom. The van der Waals surface area contributed by atoms with Gasteiger partial charge < -0.3 is 14.2 Å². The molecule has 0 unspecified atom stereocenters. The minimum atomic E-state index is -0.747. The van der Waals surface area contributed by atoms with Crippen molar-refractivity contribution in [2.75, 3.05) is 26.7 Å². The number of amides is 3. The topological polar surface area (TPSA) is 58.0 Å². The molecular weight excluding hydrogens is 452 g/mol. The average molecular weight is 489 g/mol. The summed E-state index contributed by atoms with van der Waals surface area (Å²) >= 11 is 0. The lowest BCUT2D eigenvalue weighted by molar-refractivity contribution is -0.136. The molecule has 0 atom stereocenters. The van der Waals surface area contributed by atoms with Gasteiger partial charge in [-0.25, -0.2) is 4.79 Å². The molecule has 0 radical (unpaired) electrons. The number of ether oxygens (including phenoxy) is 1. The number of carbonyl (C=O) groups excluding carboxylic acids is 2. The molecule has 3 aromatic rings. The number of likely N-dealkylation sites (tertiary alicyclic amines) is 1. The number of hydrogen-bond donors (Lipinski definition) is 0. The lowest BCUT2D eigenvalue weighted by atomic mass is 9.85. The molecule has 5 rings (SSSR count). The van der Waals surface area contributed by atoms with E-state index in [1.807, 2.05) is 43.0 Å². The Balaban J connectivity index is 1.33. The van der Waals surface area contributed by atoms with Crippen LogP contribution in [-0.4, -0.2) is 69.5 Å². The number of rotatable bonds is 7. The Hall–Kier alpha value is -3.32. The molecule has 0 N–H and O–H groups in total. The van der Waals surface area contributed by atoms with Gasteiger partial charge >= 0.3 is 6.03 Å². The summed E-state index contributed by atoms with van der Waals surface area (Å²) in [7, 11) is 3.74. The van der Waals surface area contributed by atoms with Crippen molar-refractivity contribution in [2.24, 2.45) is 7.05 Å². The van der Waals surface area contributed by atoms with Gasteiger partial charge in [-0.1, -0.05) is 30.3 Å². The summed E-state index contributed by atoms with van der Waals surface area (Å²) in [6.07, 6.45) is 4.24. The van der Waals surface area contributed by atoms with Crippen LogP contribution in [0.2, 0.25) is 0 Å². The van der Waals surface area contributed by atoms with Crippen molar-refractivity contribution in [3.63, 3.8) is 0 Å². The van der Waals surface area contributed by atoms with Gasteiger partial charge in [0, 0.05) is 56.4 Å². The molecule has 0 saturated carbocycles. The SMILES string of the molecule is COc1ccc(CCN2C(=O)N(C(C)C)C(=O)C23CCN(Cc2cn(C)c4ccccc24)CC3)cc1. The van der Waals surface area contributed by atoms with E-state index < -0.39 is 5.54 Å². The number of aromatic nitrogens is 1. The van der Waals surface area contributed by atoms with Gasteiger partial charge in [-0.05, 0) is 62.4 Å². The molecule has 3 heterocycles. The number of urea groups is 1. The van der Waals surface area contributed by atoms with Gasteiger partial charge in [0.15, 0.2) is 0 Å². The van der Waals surface area contributed by atoms with Crippen LogP contribution < -0.4 is 4.74 Å². The van der Waals surface area contributed by atoms with E-state index >= 15 is 0 Å². The van der Waals surface area contributed by atoms with Crippen LogP contribution in [-0.2, 0) is 24.8 Å². The summed E-state index contributed by atoms with van der Waals surface area (Å²) in [5.41, 5.74) is 2.92. The molecule has 1 spiro atoms. The zero-order chi connectivity index (χ0) is 25.4. The Morgan fingerprint density at radius 3 is 2.36 bits per heavy atom. The molecule has 2 aromatic carbocycles. The molecule has 7 nitrogen and oxygen atoms in total. The number of piperidine rings is 1. The second-order valence-corrected chi connectivity index (χ2v) is 10.4. The highest BCUT2D eigenvalue weighted by Gasteiger charge is 2.58. The highest BCUT2D eigenvalue weighted by atomic mass is 16.5. The predicted octanol–water partition coefficient (Wildman–Crippen LogP) is 4.44. The van der Waals surface area contributed by atoms with Gasteiger partial charge in [0.1, 0.15) is 11.3 Å². The molecule has 7 heteroatoms. The normalized spacial score (nSPS) is 18.2. The van der Waals surface area contributed by atoms with Gasteiger partial charge in [0.05, 0.1) is 7.11 Å². The molecule has 190 valence electrons. The third kappa shape index (κ3) is 4.15. The highest BCUT2D eigenvalue weighted by molar-refractivity contribution is 6.07. The Bertz CT molecular complexity index is 1260. The van der Waals surface area contributed by atoms with Crippen molar-refractivity contribution in [1.29, 1.82) is 0 Å². The van der Waals surface area contributed by atoms with Crippen LogP contribution in [0.25, 0.3) is 10.9 Å². The third-order valence-corrected chi connectivity index (χ3v) is 7.93. The van der Waals surface area contributed by atoms with Gasteiger partial charge in [0.25, 0.3) is 5.91 Å². The Kier molecular flexibility index (Phi) is 6.51. The number of para-hydroxylation sites is 1. The second-order valence-electron chi connectivity index (χ2n) is 10.4. The van der Waals surface area contributed by atoms with Crippen LogP contribution in [0.1, 0.15) is 37.8 Å². The van der Waals surface area contributed by atoms with E-state index in [2.05, 4.69) is 47.0 Å². The van der Waals surface area contributed by atoms with E-state index in [0.717, 1.165) is 30.9 Å². The minimum absolute atomic E-state index is 0.0259. The third-order valence-electron chi connectivity index (χ3n) is 7.93. The minimum Gasteiger partial charge on any atom is -0.497 e. The van der Waals surface area contributed by atoms with Crippen molar-refractivity contribution < 1.29 is 14.3 Å². The molecular formula is C29H36N4O3. The first-order chi connectivity index (χ1) is 17.3. The summed E-state index contributed by atoms with van der Waals surface area (Å²) in [6, 6.07) is 16.1. The van der Waals surface area contributed by atoms with Crippen LogP contribution in [0.4, 0.5) is 4.79 Å². The standard InChI is InChI=1S/C29H36N4O3/c1-21(2)33-27(34)29(32(28(33)35)16-13-22-9-11-24(36-4)12-10-22)14-17-31(18-15-29)20-23-19-30(3)26-8-6-5-7-25(23)26/h5-12,19,21H,13-18,20H2,1-4H3. The number of imide groups is 1. The number of benzene rings is 2. The van der Waals surface area contributed by atoms with Crippen LogP contribution in [0.3, 0.4) is 0 Å². The summed E-state index contributed by atoms with van der Waals surface area (Å²) < 4.78 is 7.44. The molecule has 2 fully saturated rings. The first-order valence-electron chi connectivity index (χ1n) is 12.9. The summed E-state index contributed by atoms with van der Waals surface area (Å²) in [5.74, 6) is 0.786. The van der Waals surface area contributed by atoms with Gasteiger partial charge in [-0.2, -0.15) is 0 Å². The first kappa shape index (κ1) is 24.4. The molecule has 0 aliphatic carbocycles. The Morgan fingerprint density at radius 2 is 1.69 bits per heavy atom. The van der Waals surface area contributed by atoms with Gasteiger partial charge in [-0.15, -0.1) is 0 Å². The quantitative estimate of drug-likeness (QED) is 0.462. The number of aryl methyl sites for hydroxylation is 1. The van der Waals surface area contributed by atoms with E-state index in [9.17, 15) is 9.59 Å². The largest absolute Gasteiger partial charge is 0.497 e. The van der Waals surface area contributed by atoms with E-state index in [4.69, 9.17) is 4.74 Å². The van der Waals surface area contributed by atoms with Crippen molar-refractivity contribution >= 4 is 22.8 Å². The van der Waals surface area contributed by atoms with Crippen molar-refractivity contribution in [3.05, 3.63) is 65.9 Å². The highest BCUT2D eigenvalue weighted by Crippen LogP contribution is 2.39. The maximum absolute atomic E-state index is 13.7. The van der Waals surface area contributed by atoms with E-state index in [0.29, 0.717) is 25.8 Å². The maximum Gasteiger partial charge on any atom is 0.327 e. The number of hydrogen-bond acceptors (Lipinski definition) is 4. The molecule has 0 bridgehead atoms. The monoisotopic (exact) mass is 488 g/mol. The predicted molar refractivity (Wildman–Crippen MR) is 141 cm³/mol. The second kappa shape index (κ2) is 9.62. The molecule has 2 aliphatic rings. The lowest BCUT2D eigenvalue weighted by Crippen LogP contribution is -2.56. The van der Waals surface area contributed by atoms with E-state index in [1.165, 1.54) is 21.4 Å². The fraction of sp³-hybridized carbons (Fsp3) is 0.448. The van der Waals surface area contributed by atoms with E-state index in [1.54, 1.807) is 7.11 Å². The van der Waals surface area contributed by atoms with Crippen LogP contribution >= 0.6 is 0 Å². The fourth-order valence-corrected chi connectivity index (χ4v) is 5.90. The average Bonchev–Trinajstić information content (AvgIpc) is 3.30. The summed E-state index contributed by atoms with van der Waals surface area (Å²) in [4.78, 5) is 32.9. The molecule has 2 saturated heterocycles.